The highest BCUT2D eigenvalue weighted by atomic mass is 32.1. The number of hydrazone groups is 1. The standard InChI is InChI=1S/C19H26N4OS/c1-13-9-16(14(2)23(13)18-7-5-4-6-8-18)11-20-22-19(24)10-17-12-25-15(3)21-17/h9,11-12,18H,4-8,10H2,1-3H3,(H,22,24)/b20-11-. The molecule has 0 aromatic carbocycles. The van der Waals surface area contributed by atoms with Crippen LogP contribution in [0, 0.1) is 20.8 Å². The molecule has 1 aliphatic carbocycles. The average molecular weight is 359 g/mol. The summed E-state index contributed by atoms with van der Waals surface area (Å²) in [6, 6.07) is 2.77. The fourth-order valence-corrected chi connectivity index (χ4v) is 4.31. The summed E-state index contributed by atoms with van der Waals surface area (Å²) in [5, 5.41) is 7.03. The first-order valence-electron chi connectivity index (χ1n) is 8.96. The second kappa shape index (κ2) is 7.95. The molecule has 2 heterocycles. The van der Waals surface area contributed by atoms with E-state index in [4.69, 9.17) is 0 Å². The molecule has 1 saturated carbocycles. The number of nitrogens with one attached hydrogen (secondary N) is 1. The quantitative estimate of drug-likeness (QED) is 0.647. The fourth-order valence-electron chi connectivity index (χ4n) is 3.70. The van der Waals surface area contributed by atoms with Gasteiger partial charge in [-0.25, -0.2) is 10.4 Å². The van der Waals surface area contributed by atoms with Crippen LogP contribution < -0.4 is 5.43 Å². The topological polar surface area (TPSA) is 59.3 Å². The van der Waals surface area contributed by atoms with E-state index in [0.717, 1.165) is 16.3 Å². The molecule has 134 valence electrons. The van der Waals surface area contributed by atoms with Gasteiger partial charge in [0, 0.05) is 28.4 Å². The largest absolute Gasteiger partial charge is 0.345 e. The zero-order valence-electron chi connectivity index (χ0n) is 15.2. The van der Waals surface area contributed by atoms with Gasteiger partial charge in [0.2, 0.25) is 5.91 Å². The van der Waals surface area contributed by atoms with Crippen LogP contribution in [0.2, 0.25) is 0 Å². The van der Waals surface area contributed by atoms with Gasteiger partial charge in [-0.1, -0.05) is 19.3 Å². The maximum Gasteiger partial charge on any atom is 0.246 e. The Balaban J connectivity index is 1.62. The number of hydrogen-bond acceptors (Lipinski definition) is 4. The van der Waals surface area contributed by atoms with Crippen LogP contribution in [-0.2, 0) is 11.2 Å². The lowest BCUT2D eigenvalue weighted by Gasteiger charge is -2.26. The monoisotopic (exact) mass is 358 g/mol. The van der Waals surface area contributed by atoms with Gasteiger partial charge in [-0.3, -0.25) is 4.79 Å². The van der Waals surface area contributed by atoms with Crippen molar-refractivity contribution in [2.24, 2.45) is 5.10 Å². The number of aryl methyl sites for hydroxylation is 2. The van der Waals surface area contributed by atoms with Crippen LogP contribution in [0.25, 0.3) is 0 Å². The van der Waals surface area contributed by atoms with Crippen LogP contribution in [0.3, 0.4) is 0 Å². The van der Waals surface area contributed by atoms with Gasteiger partial charge in [0.25, 0.3) is 0 Å². The predicted molar refractivity (Wildman–Crippen MR) is 102 cm³/mol. The molecule has 0 bridgehead atoms. The van der Waals surface area contributed by atoms with Gasteiger partial charge in [-0.05, 0) is 39.7 Å². The van der Waals surface area contributed by atoms with Crippen molar-refractivity contribution in [3.05, 3.63) is 39.1 Å². The predicted octanol–water partition coefficient (Wildman–Crippen LogP) is 4.07. The minimum Gasteiger partial charge on any atom is -0.345 e. The first kappa shape index (κ1) is 17.9. The summed E-state index contributed by atoms with van der Waals surface area (Å²) in [4.78, 5) is 16.3. The molecule has 0 saturated heterocycles. The Kier molecular flexibility index (Phi) is 5.68. The first-order valence-corrected chi connectivity index (χ1v) is 9.84. The average Bonchev–Trinajstić information content (AvgIpc) is 3.11. The highest BCUT2D eigenvalue weighted by Crippen LogP contribution is 2.31. The highest BCUT2D eigenvalue weighted by Gasteiger charge is 2.19. The Morgan fingerprint density at radius 1 is 1.36 bits per heavy atom. The molecule has 1 aliphatic rings. The smallest absolute Gasteiger partial charge is 0.246 e. The number of nitrogens with zero attached hydrogens (tertiary/aromatic N) is 3. The second-order valence-electron chi connectivity index (χ2n) is 6.82. The third-order valence-electron chi connectivity index (χ3n) is 4.86. The zero-order chi connectivity index (χ0) is 17.8. The summed E-state index contributed by atoms with van der Waals surface area (Å²) < 4.78 is 2.44. The van der Waals surface area contributed by atoms with E-state index in [1.807, 2.05) is 12.3 Å². The van der Waals surface area contributed by atoms with Gasteiger partial charge in [-0.15, -0.1) is 11.3 Å². The van der Waals surface area contributed by atoms with E-state index in [2.05, 4.69) is 40.0 Å². The zero-order valence-corrected chi connectivity index (χ0v) is 16.0. The molecule has 1 fully saturated rings. The molecule has 6 heteroatoms. The molecule has 0 aliphatic heterocycles. The minimum atomic E-state index is -0.136. The highest BCUT2D eigenvalue weighted by molar-refractivity contribution is 7.09. The van der Waals surface area contributed by atoms with E-state index in [0.29, 0.717) is 6.04 Å². The van der Waals surface area contributed by atoms with Gasteiger partial charge >= 0.3 is 0 Å². The number of hydrogen-bond donors (Lipinski definition) is 1. The number of rotatable bonds is 5. The number of thiazole rings is 1. The van der Waals surface area contributed by atoms with E-state index in [9.17, 15) is 4.79 Å². The van der Waals surface area contributed by atoms with Crippen LogP contribution in [-0.4, -0.2) is 21.7 Å². The number of amides is 1. The molecular formula is C19H26N4OS. The SMILES string of the molecule is Cc1nc(CC(=O)N/N=C\c2cc(C)n(C3CCCCC3)c2C)cs1. The van der Waals surface area contributed by atoms with E-state index in [-0.39, 0.29) is 12.3 Å². The molecular weight excluding hydrogens is 332 g/mol. The van der Waals surface area contributed by atoms with E-state index >= 15 is 0 Å². The third-order valence-corrected chi connectivity index (χ3v) is 5.69. The van der Waals surface area contributed by atoms with Crippen LogP contribution in [0.15, 0.2) is 16.5 Å². The Labute approximate surface area is 153 Å². The maximum absolute atomic E-state index is 12.0. The molecule has 0 spiro atoms. The summed E-state index contributed by atoms with van der Waals surface area (Å²) in [5.41, 5.74) is 6.99. The summed E-state index contributed by atoms with van der Waals surface area (Å²) >= 11 is 1.55. The van der Waals surface area contributed by atoms with E-state index in [1.165, 1.54) is 43.5 Å². The molecule has 0 atom stereocenters. The Morgan fingerprint density at radius 3 is 2.80 bits per heavy atom. The molecule has 1 amide bonds. The van der Waals surface area contributed by atoms with Gasteiger partial charge in [0.05, 0.1) is 23.3 Å². The van der Waals surface area contributed by atoms with Crippen molar-refractivity contribution >= 4 is 23.5 Å². The fraction of sp³-hybridized carbons (Fsp3) is 0.526. The van der Waals surface area contributed by atoms with Crippen LogP contribution in [0.4, 0.5) is 0 Å². The van der Waals surface area contributed by atoms with Crippen LogP contribution in [0.5, 0.6) is 0 Å². The van der Waals surface area contributed by atoms with Crippen molar-refractivity contribution < 1.29 is 4.79 Å². The molecule has 5 nitrogen and oxygen atoms in total. The van der Waals surface area contributed by atoms with Crippen molar-refractivity contribution in [3.8, 4) is 0 Å². The van der Waals surface area contributed by atoms with Crippen molar-refractivity contribution in [1.29, 1.82) is 0 Å². The minimum absolute atomic E-state index is 0.136. The van der Waals surface area contributed by atoms with E-state index < -0.39 is 0 Å². The lowest BCUT2D eigenvalue weighted by molar-refractivity contribution is -0.120. The van der Waals surface area contributed by atoms with Gasteiger partial charge in [0.1, 0.15) is 0 Å². The Morgan fingerprint density at radius 2 is 2.12 bits per heavy atom. The molecule has 2 aromatic heterocycles. The Hall–Kier alpha value is -1.95. The molecule has 25 heavy (non-hydrogen) atoms. The summed E-state index contributed by atoms with van der Waals surface area (Å²) in [7, 11) is 0. The molecule has 0 radical (unpaired) electrons. The van der Waals surface area contributed by atoms with Crippen molar-refractivity contribution in [2.45, 2.75) is 65.3 Å². The Bertz CT molecular complexity index is 768. The maximum atomic E-state index is 12.0. The van der Waals surface area contributed by atoms with E-state index in [1.54, 1.807) is 17.6 Å². The third kappa shape index (κ3) is 4.37. The number of carbonyl (C=O) groups is 1. The summed E-state index contributed by atoms with van der Waals surface area (Å²) in [6.45, 7) is 6.23. The molecule has 0 unspecified atom stereocenters. The van der Waals surface area contributed by atoms with Crippen molar-refractivity contribution in [2.75, 3.05) is 0 Å². The number of aromatic nitrogens is 2. The first-order chi connectivity index (χ1) is 12.0. The second-order valence-corrected chi connectivity index (χ2v) is 7.88. The van der Waals surface area contributed by atoms with Crippen molar-refractivity contribution in [3.63, 3.8) is 0 Å². The lowest BCUT2D eigenvalue weighted by Crippen LogP contribution is -2.20. The summed E-state index contributed by atoms with van der Waals surface area (Å²) in [6.07, 6.45) is 8.53. The van der Waals surface area contributed by atoms with Gasteiger partial charge in [-0.2, -0.15) is 5.10 Å². The molecule has 3 rings (SSSR count). The van der Waals surface area contributed by atoms with Crippen molar-refractivity contribution in [1.82, 2.24) is 15.0 Å². The van der Waals surface area contributed by atoms with Crippen LogP contribution in [0.1, 0.15) is 65.8 Å². The van der Waals surface area contributed by atoms with Gasteiger partial charge in [0.15, 0.2) is 0 Å². The normalized spacial score (nSPS) is 15.8. The number of carbonyl (C=O) groups excluding carboxylic acids is 1. The summed E-state index contributed by atoms with van der Waals surface area (Å²) in [5.74, 6) is -0.136. The molecule has 2 aromatic rings. The van der Waals surface area contributed by atoms with Crippen LogP contribution >= 0.6 is 11.3 Å². The van der Waals surface area contributed by atoms with Gasteiger partial charge < -0.3 is 4.57 Å². The molecule has 1 N–H and O–H groups in total. The lowest BCUT2D eigenvalue weighted by atomic mass is 9.95.